The number of nitrogens with two attached hydrogens (primary N) is 1. The van der Waals surface area contributed by atoms with Crippen LogP contribution < -0.4 is 31.9 Å². The molecule has 1 aliphatic carbocycles. The van der Waals surface area contributed by atoms with Crippen molar-refractivity contribution < 1.29 is 41.8 Å². The van der Waals surface area contributed by atoms with Crippen molar-refractivity contribution in [3.8, 4) is 17.2 Å². The van der Waals surface area contributed by atoms with E-state index in [1.807, 2.05) is 37.3 Å². The highest BCUT2D eigenvalue weighted by Crippen LogP contribution is 2.45. The topological polar surface area (TPSA) is 81.6 Å². The minimum Gasteiger partial charge on any atom is -1.00 e. The number of carbonyl (C=O) groups is 1. The molecule has 3 rings (SSSR count). The fraction of sp³-hybridized carbons (Fsp3) is 0.435. The molecule has 0 aliphatic heterocycles. The summed E-state index contributed by atoms with van der Waals surface area (Å²) in [6.07, 6.45) is 0.896. The fourth-order valence-corrected chi connectivity index (χ4v) is 4.04. The molecule has 3 atom stereocenters. The lowest BCUT2D eigenvalue weighted by Crippen LogP contribution is -3.00. The van der Waals surface area contributed by atoms with E-state index in [1.54, 1.807) is 27.4 Å². The van der Waals surface area contributed by atoms with Crippen LogP contribution >= 0.6 is 0 Å². The van der Waals surface area contributed by atoms with Crippen LogP contribution in [0.1, 0.15) is 40.9 Å². The zero-order valence-electron chi connectivity index (χ0n) is 17.9. The van der Waals surface area contributed by atoms with Crippen LogP contribution in [0.2, 0.25) is 0 Å². The Morgan fingerprint density at radius 2 is 1.77 bits per heavy atom. The Hall–Kier alpha value is -2.28. The molecule has 0 amide bonds. The van der Waals surface area contributed by atoms with Crippen LogP contribution in [0.25, 0.3) is 0 Å². The van der Waals surface area contributed by atoms with E-state index in [1.165, 1.54) is 0 Å². The second kappa shape index (κ2) is 10.7. The zero-order chi connectivity index (χ0) is 21.0. The number of quaternary nitrogens is 1. The molecule has 0 radical (unpaired) electrons. The number of rotatable bonds is 8. The highest BCUT2D eigenvalue weighted by Gasteiger charge is 2.34. The SMILES string of the molecule is COc1cc2c(c(OC)c1OC)CCC(C[NH2+]C(C)C(O)c1ccccc1)C2=O.[Cl-]. The number of methoxy groups -OCH3 is 3. The van der Waals surface area contributed by atoms with E-state index in [4.69, 9.17) is 14.2 Å². The van der Waals surface area contributed by atoms with Crippen LogP contribution in [-0.4, -0.2) is 44.8 Å². The molecule has 164 valence electrons. The average Bonchev–Trinajstić information content (AvgIpc) is 2.77. The van der Waals surface area contributed by atoms with Gasteiger partial charge in [-0.15, -0.1) is 0 Å². The Bertz CT molecular complexity index is 858. The van der Waals surface area contributed by atoms with E-state index in [9.17, 15) is 9.90 Å². The quantitative estimate of drug-likeness (QED) is 0.564. The van der Waals surface area contributed by atoms with Gasteiger partial charge >= 0.3 is 0 Å². The van der Waals surface area contributed by atoms with Gasteiger partial charge < -0.3 is 37.0 Å². The Balaban J connectivity index is 0.00000320. The predicted octanol–water partition coefficient (Wildman–Crippen LogP) is -0.853. The fourth-order valence-electron chi connectivity index (χ4n) is 4.04. The Morgan fingerprint density at radius 3 is 2.37 bits per heavy atom. The number of ether oxygens (including phenoxy) is 3. The van der Waals surface area contributed by atoms with E-state index >= 15 is 0 Å². The first-order chi connectivity index (χ1) is 14.0. The maximum atomic E-state index is 13.2. The van der Waals surface area contributed by atoms with Gasteiger partial charge in [0.25, 0.3) is 0 Å². The second-order valence-electron chi connectivity index (χ2n) is 7.46. The molecule has 0 saturated heterocycles. The summed E-state index contributed by atoms with van der Waals surface area (Å²) >= 11 is 0. The monoisotopic (exact) mass is 435 g/mol. The molecule has 0 saturated carbocycles. The maximum Gasteiger partial charge on any atom is 0.203 e. The first-order valence-corrected chi connectivity index (χ1v) is 9.94. The molecule has 0 spiro atoms. The molecule has 2 aromatic rings. The molecule has 7 heteroatoms. The molecule has 2 aromatic carbocycles. The van der Waals surface area contributed by atoms with Crippen LogP contribution in [0.5, 0.6) is 17.2 Å². The first-order valence-electron chi connectivity index (χ1n) is 9.94. The molecule has 0 heterocycles. The highest BCUT2D eigenvalue weighted by molar-refractivity contribution is 6.01. The minimum atomic E-state index is -0.577. The van der Waals surface area contributed by atoms with Crippen molar-refractivity contribution in [2.45, 2.75) is 31.9 Å². The van der Waals surface area contributed by atoms with Gasteiger partial charge in [0.1, 0.15) is 12.1 Å². The highest BCUT2D eigenvalue weighted by atomic mass is 35.5. The number of carbonyl (C=O) groups excluding carboxylic acids is 1. The molecule has 30 heavy (non-hydrogen) atoms. The van der Waals surface area contributed by atoms with Gasteiger partial charge in [0.2, 0.25) is 5.75 Å². The van der Waals surface area contributed by atoms with Crippen LogP contribution in [0.3, 0.4) is 0 Å². The summed E-state index contributed by atoms with van der Waals surface area (Å²) in [6.45, 7) is 2.61. The lowest BCUT2D eigenvalue weighted by Gasteiger charge is -2.27. The molecule has 0 aromatic heterocycles. The van der Waals surface area contributed by atoms with E-state index < -0.39 is 6.10 Å². The standard InChI is InChI=1S/C23H29NO5.ClH/c1-14(20(25)15-8-6-5-7-9-15)24-13-16-10-11-17-18(21(16)26)12-19(27-2)23(29-4)22(17)28-3;/h5-9,12,14,16,20,24-25H,10-11,13H2,1-4H3;1H. The molecule has 6 nitrogen and oxygen atoms in total. The van der Waals surface area contributed by atoms with E-state index in [-0.39, 0.29) is 30.2 Å². The summed E-state index contributed by atoms with van der Waals surface area (Å²) in [5.74, 6) is 1.56. The summed E-state index contributed by atoms with van der Waals surface area (Å²) in [7, 11) is 4.69. The number of ketones is 1. The predicted molar refractivity (Wildman–Crippen MR) is 110 cm³/mol. The molecule has 0 bridgehead atoms. The Morgan fingerprint density at radius 1 is 1.10 bits per heavy atom. The number of hydrogen-bond donors (Lipinski definition) is 2. The third-order valence-electron chi connectivity index (χ3n) is 5.74. The van der Waals surface area contributed by atoms with E-state index in [2.05, 4.69) is 5.32 Å². The Kier molecular flexibility index (Phi) is 8.53. The van der Waals surface area contributed by atoms with Gasteiger partial charge in [-0.3, -0.25) is 4.79 Å². The lowest BCUT2D eigenvalue weighted by atomic mass is 9.81. The molecule has 3 N–H and O–H groups in total. The second-order valence-corrected chi connectivity index (χ2v) is 7.46. The van der Waals surface area contributed by atoms with Crippen molar-refractivity contribution >= 4 is 5.78 Å². The van der Waals surface area contributed by atoms with Crippen molar-refractivity contribution in [2.75, 3.05) is 27.9 Å². The van der Waals surface area contributed by atoms with Gasteiger partial charge in [0.05, 0.1) is 33.8 Å². The summed E-state index contributed by atoms with van der Waals surface area (Å²) in [4.78, 5) is 13.2. The normalized spacial score (nSPS) is 17.4. The summed E-state index contributed by atoms with van der Waals surface area (Å²) in [6, 6.07) is 11.3. The van der Waals surface area contributed by atoms with E-state index in [0.717, 1.165) is 24.0 Å². The maximum absolute atomic E-state index is 13.2. The van der Waals surface area contributed by atoms with Gasteiger partial charge in [0, 0.05) is 11.1 Å². The summed E-state index contributed by atoms with van der Waals surface area (Å²) in [5, 5.41) is 12.6. The van der Waals surface area contributed by atoms with Crippen molar-refractivity contribution in [1.29, 1.82) is 0 Å². The van der Waals surface area contributed by atoms with Crippen molar-refractivity contribution in [2.24, 2.45) is 5.92 Å². The number of halogens is 1. The van der Waals surface area contributed by atoms with Crippen LogP contribution in [0.15, 0.2) is 36.4 Å². The van der Waals surface area contributed by atoms with Gasteiger partial charge in [-0.1, -0.05) is 30.3 Å². The van der Waals surface area contributed by atoms with Gasteiger partial charge in [0.15, 0.2) is 17.3 Å². The van der Waals surface area contributed by atoms with Crippen molar-refractivity contribution in [3.05, 3.63) is 53.1 Å². The molecular formula is C23H30ClNO5. The molecule has 1 aliphatic rings. The van der Waals surface area contributed by atoms with E-state index in [0.29, 0.717) is 29.4 Å². The average molecular weight is 436 g/mol. The number of Topliss-reactive ketones (excluding diaryl/α,β-unsaturated/α-hetero) is 1. The molecular weight excluding hydrogens is 406 g/mol. The van der Waals surface area contributed by atoms with Crippen molar-refractivity contribution in [1.82, 2.24) is 0 Å². The van der Waals surface area contributed by atoms with Crippen LogP contribution in [0.4, 0.5) is 0 Å². The summed E-state index contributed by atoms with van der Waals surface area (Å²) < 4.78 is 16.4. The van der Waals surface area contributed by atoms with Crippen molar-refractivity contribution in [3.63, 3.8) is 0 Å². The molecule has 0 fully saturated rings. The van der Waals surface area contributed by atoms with Gasteiger partial charge in [-0.05, 0) is 31.4 Å². The smallest absolute Gasteiger partial charge is 0.203 e. The molecule has 3 unspecified atom stereocenters. The van der Waals surface area contributed by atoms with Gasteiger partial charge in [-0.2, -0.15) is 0 Å². The number of aliphatic hydroxyl groups excluding tert-OH is 1. The largest absolute Gasteiger partial charge is 1.00 e. The number of aliphatic hydroxyl groups is 1. The van der Waals surface area contributed by atoms with Crippen LogP contribution in [0, 0.1) is 5.92 Å². The minimum absolute atomic E-state index is 0. The van der Waals surface area contributed by atoms with Gasteiger partial charge in [-0.25, -0.2) is 0 Å². The number of hydrogen-bond acceptors (Lipinski definition) is 5. The number of benzene rings is 2. The summed E-state index contributed by atoms with van der Waals surface area (Å²) in [5.41, 5.74) is 2.40. The first kappa shape index (κ1) is 24.0. The van der Waals surface area contributed by atoms with Crippen LogP contribution in [-0.2, 0) is 6.42 Å². The third-order valence-corrected chi connectivity index (χ3v) is 5.74. The lowest BCUT2D eigenvalue weighted by molar-refractivity contribution is -0.697. The Labute approximate surface area is 183 Å². The number of fused-ring (bicyclic) bond motifs is 1. The zero-order valence-corrected chi connectivity index (χ0v) is 18.6. The third kappa shape index (κ3) is 4.72.